The molecule has 1 fully saturated rings. The number of halogens is 1. The van der Waals surface area contributed by atoms with Crippen LogP contribution in [0.4, 0.5) is 10.1 Å². The summed E-state index contributed by atoms with van der Waals surface area (Å²) >= 11 is 0. The number of piperidine rings is 1. The lowest BCUT2D eigenvalue weighted by atomic mass is 10.1. The van der Waals surface area contributed by atoms with Crippen molar-refractivity contribution in [3.05, 3.63) is 59.9 Å². The number of anilines is 1. The van der Waals surface area contributed by atoms with E-state index in [0.29, 0.717) is 12.8 Å². The molecule has 1 aliphatic rings. The van der Waals surface area contributed by atoms with Crippen LogP contribution in [0.15, 0.2) is 48.5 Å². The van der Waals surface area contributed by atoms with Crippen LogP contribution in [0.1, 0.15) is 24.8 Å². The molecule has 1 amide bonds. The smallest absolute Gasteiger partial charge is 0.224 e. The lowest BCUT2D eigenvalue weighted by Gasteiger charge is -2.29. The molecule has 4 nitrogen and oxygen atoms in total. The van der Waals surface area contributed by atoms with Crippen LogP contribution in [0, 0.1) is 5.82 Å². The molecule has 0 bridgehead atoms. The summed E-state index contributed by atoms with van der Waals surface area (Å²) in [6.07, 6.45) is 3.29. The van der Waals surface area contributed by atoms with Crippen LogP contribution in [-0.2, 0) is 11.2 Å². The minimum Gasteiger partial charge on any atom is -0.490 e. The molecular weight excluding hydrogens is 331 g/mol. The Labute approximate surface area is 154 Å². The number of carbonyl (C=O) groups is 1. The Balaban J connectivity index is 1.44. The van der Waals surface area contributed by atoms with E-state index < -0.39 is 0 Å². The zero-order valence-corrected chi connectivity index (χ0v) is 15.1. The molecule has 1 saturated heterocycles. The average Bonchev–Trinajstić information content (AvgIpc) is 2.65. The summed E-state index contributed by atoms with van der Waals surface area (Å²) in [6, 6.07) is 13.8. The molecule has 2 aromatic rings. The van der Waals surface area contributed by atoms with Crippen molar-refractivity contribution in [3.63, 3.8) is 0 Å². The highest BCUT2D eigenvalue weighted by Crippen LogP contribution is 2.21. The Hall–Kier alpha value is -2.40. The van der Waals surface area contributed by atoms with Crippen molar-refractivity contribution < 1.29 is 13.9 Å². The molecule has 0 spiro atoms. The monoisotopic (exact) mass is 356 g/mol. The predicted molar refractivity (Wildman–Crippen MR) is 101 cm³/mol. The van der Waals surface area contributed by atoms with Crippen LogP contribution in [0.2, 0.25) is 0 Å². The number of benzene rings is 2. The predicted octanol–water partition coefficient (Wildman–Crippen LogP) is 3.87. The van der Waals surface area contributed by atoms with Gasteiger partial charge in [-0.15, -0.1) is 0 Å². The van der Waals surface area contributed by atoms with Gasteiger partial charge >= 0.3 is 0 Å². The topological polar surface area (TPSA) is 41.6 Å². The summed E-state index contributed by atoms with van der Waals surface area (Å²) in [5.41, 5.74) is 1.70. The Kier molecular flexibility index (Phi) is 6.23. The van der Waals surface area contributed by atoms with E-state index in [2.05, 4.69) is 17.3 Å². The molecule has 0 radical (unpaired) electrons. The highest BCUT2D eigenvalue weighted by molar-refractivity contribution is 5.90. The van der Waals surface area contributed by atoms with Gasteiger partial charge in [-0.1, -0.05) is 12.1 Å². The molecule has 138 valence electrons. The van der Waals surface area contributed by atoms with Gasteiger partial charge in [0.25, 0.3) is 0 Å². The number of amides is 1. The van der Waals surface area contributed by atoms with Gasteiger partial charge in [0.2, 0.25) is 5.91 Å². The summed E-state index contributed by atoms with van der Waals surface area (Å²) in [5, 5.41) is 2.88. The summed E-state index contributed by atoms with van der Waals surface area (Å²) in [5.74, 6) is 0.517. The lowest BCUT2D eigenvalue weighted by molar-refractivity contribution is -0.116. The molecule has 0 atom stereocenters. The second-order valence-corrected chi connectivity index (χ2v) is 6.82. The highest BCUT2D eigenvalue weighted by Gasteiger charge is 2.17. The Bertz CT molecular complexity index is 708. The fourth-order valence-corrected chi connectivity index (χ4v) is 3.04. The van der Waals surface area contributed by atoms with E-state index in [0.717, 1.165) is 42.9 Å². The number of aryl methyl sites for hydroxylation is 1. The summed E-state index contributed by atoms with van der Waals surface area (Å²) in [4.78, 5) is 14.4. The maximum absolute atomic E-state index is 12.9. The molecule has 3 rings (SSSR count). The molecule has 5 heteroatoms. The van der Waals surface area contributed by atoms with Crippen molar-refractivity contribution in [2.75, 3.05) is 25.5 Å². The maximum Gasteiger partial charge on any atom is 0.224 e. The van der Waals surface area contributed by atoms with E-state index >= 15 is 0 Å². The first kappa shape index (κ1) is 18.4. The van der Waals surface area contributed by atoms with Gasteiger partial charge in [-0.05, 0) is 68.3 Å². The third-order valence-corrected chi connectivity index (χ3v) is 4.66. The van der Waals surface area contributed by atoms with Crippen LogP contribution in [0.25, 0.3) is 0 Å². The molecule has 0 unspecified atom stereocenters. The zero-order valence-electron chi connectivity index (χ0n) is 15.1. The van der Waals surface area contributed by atoms with Crippen molar-refractivity contribution in [3.8, 4) is 5.75 Å². The third-order valence-electron chi connectivity index (χ3n) is 4.66. The number of nitrogens with one attached hydrogen (secondary N) is 1. The fraction of sp³-hybridized carbons (Fsp3) is 0.381. The molecule has 1 N–H and O–H groups in total. The molecule has 2 aromatic carbocycles. The Morgan fingerprint density at radius 3 is 2.42 bits per heavy atom. The van der Waals surface area contributed by atoms with Crippen molar-refractivity contribution >= 4 is 11.6 Å². The molecule has 0 aliphatic carbocycles. The van der Waals surface area contributed by atoms with E-state index in [9.17, 15) is 9.18 Å². The number of carbonyl (C=O) groups excluding carboxylic acids is 1. The van der Waals surface area contributed by atoms with Crippen LogP contribution in [-0.4, -0.2) is 37.0 Å². The normalized spacial score (nSPS) is 15.6. The maximum atomic E-state index is 12.9. The van der Waals surface area contributed by atoms with Gasteiger partial charge in [0.15, 0.2) is 0 Å². The van der Waals surface area contributed by atoms with Crippen molar-refractivity contribution in [2.45, 2.75) is 31.8 Å². The van der Waals surface area contributed by atoms with Gasteiger partial charge in [0.1, 0.15) is 17.7 Å². The van der Waals surface area contributed by atoms with Crippen molar-refractivity contribution in [1.82, 2.24) is 4.90 Å². The van der Waals surface area contributed by atoms with E-state index in [1.807, 2.05) is 24.3 Å². The second kappa shape index (κ2) is 8.81. The molecular formula is C21H25FN2O2. The number of nitrogens with zero attached hydrogens (tertiary/aromatic N) is 1. The molecule has 0 saturated carbocycles. The first-order valence-corrected chi connectivity index (χ1v) is 9.08. The van der Waals surface area contributed by atoms with Gasteiger partial charge in [-0.2, -0.15) is 0 Å². The lowest BCUT2D eigenvalue weighted by Crippen LogP contribution is -2.35. The van der Waals surface area contributed by atoms with Crippen LogP contribution in [0.5, 0.6) is 5.75 Å². The average molecular weight is 356 g/mol. The zero-order chi connectivity index (χ0) is 18.4. The van der Waals surface area contributed by atoms with Crippen LogP contribution >= 0.6 is 0 Å². The van der Waals surface area contributed by atoms with Crippen LogP contribution < -0.4 is 10.1 Å². The Morgan fingerprint density at radius 1 is 1.12 bits per heavy atom. The second-order valence-electron chi connectivity index (χ2n) is 6.82. The number of rotatable bonds is 6. The summed E-state index contributed by atoms with van der Waals surface area (Å²) in [7, 11) is 2.13. The third kappa shape index (κ3) is 5.56. The fourth-order valence-electron chi connectivity index (χ4n) is 3.04. The number of hydrogen-bond acceptors (Lipinski definition) is 3. The van der Waals surface area contributed by atoms with E-state index in [1.165, 1.54) is 12.1 Å². The van der Waals surface area contributed by atoms with E-state index in [1.54, 1.807) is 12.1 Å². The van der Waals surface area contributed by atoms with Gasteiger partial charge in [0, 0.05) is 25.2 Å². The summed E-state index contributed by atoms with van der Waals surface area (Å²) in [6.45, 7) is 2.12. The minimum absolute atomic E-state index is 0.0571. The largest absolute Gasteiger partial charge is 0.490 e. The standard InChI is InChI=1S/C21H25FN2O2/c1-24-14-12-20(13-15-24)26-19-9-7-18(8-10-19)23-21(25)11-4-16-2-5-17(22)6-3-16/h2-3,5-10,20H,4,11-15H2,1H3,(H,23,25). The van der Waals surface area contributed by atoms with Gasteiger partial charge in [-0.25, -0.2) is 4.39 Å². The van der Waals surface area contributed by atoms with Crippen molar-refractivity contribution in [1.29, 1.82) is 0 Å². The highest BCUT2D eigenvalue weighted by atomic mass is 19.1. The number of hydrogen-bond donors (Lipinski definition) is 1. The molecule has 1 heterocycles. The first-order valence-electron chi connectivity index (χ1n) is 9.08. The summed E-state index contributed by atoms with van der Waals surface area (Å²) < 4.78 is 18.9. The molecule has 1 aliphatic heterocycles. The Morgan fingerprint density at radius 2 is 1.77 bits per heavy atom. The number of ether oxygens (including phenoxy) is 1. The quantitative estimate of drug-likeness (QED) is 0.854. The van der Waals surface area contributed by atoms with Gasteiger partial charge in [-0.3, -0.25) is 4.79 Å². The number of likely N-dealkylation sites (tertiary alicyclic amines) is 1. The van der Waals surface area contributed by atoms with E-state index in [4.69, 9.17) is 4.74 Å². The first-order chi connectivity index (χ1) is 12.6. The van der Waals surface area contributed by atoms with E-state index in [-0.39, 0.29) is 17.8 Å². The van der Waals surface area contributed by atoms with Gasteiger partial charge in [0.05, 0.1) is 0 Å². The van der Waals surface area contributed by atoms with Crippen LogP contribution in [0.3, 0.4) is 0 Å². The van der Waals surface area contributed by atoms with Gasteiger partial charge < -0.3 is 15.0 Å². The molecule has 0 aromatic heterocycles. The van der Waals surface area contributed by atoms with Crippen molar-refractivity contribution in [2.24, 2.45) is 0 Å². The minimum atomic E-state index is -0.263. The SMILES string of the molecule is CN1CCC(Oc2ccc(NC(=O)CCc3ccc(F)cc3)cc2)CC1. The molecule has 26 heavy (non-hydrogen) atoms.